The number of amides is 1. The van der Waals surface area contributed by atoms with E-state index in [1.807, 2.05) is 27.7 Å². The molecule has 5 heteroatoms. The minimum Gasteiger partial charge on any atom is -0.357 e. The Morgan fingerprint density at radius 3 is 1.89 bits per heavy atom. The SMILES string of the molecule is CCNC(=NCC(=O)NC(C)(C)C)NC(C)(C)C. The molecule has 18 heavy (non-hydrogen) atoms. The summed E-state index contributed by atoms with van der Waals surface area (Å²) in [7, 11) is 0. The lowest BCUT2D eigenvalue weighted by Gasteiger charge is -2.24. The molecule has 0 atom stereocenters. The van der Waals surface area contributed by atoms with Gasteiger partial charge in [-0.3, -0.25) is 4.79 Å². The maximum atomic E-state index is 11.7. The second-order valence-electron chi connectivity index (χ2n) is 6.37. The minimum absolute atomic E-state index is 0.0754. The number of guanidine groups is 1. The van der Waals surface area contributed by atoms with Gasteiger partial charge in [-0.2, -0.15) is 0 Å². The number of aliphatic imine (C=N–C) groups is 1. The topological polar surface area (TPSA) is 65.5 Å². The van der Waals surface area contributed by atoms with Crippen LogP contribution >= 0.6 is 0 Å². The standard InChI is InChI=1S/C13H28N4O/c1-8-14-11(17-13(5,6)7)15-9-10(18)16-12(2,3)4/h8-9H2,1-7H3,(H,16,18)(H2,14,15,17). The summed E-state index contributed by atoms with van der Waals surface area (Å²) in [5, 5.41) is 9.23. The van der Waals surface area contributed by atoms with Crippen LogP contribution in [0.5, 0.6) is 0 Å². The molecule has 0 aliphatic rings. The van der Waals surface area contributed by atoms with Crippen molar-refractivity contribution >= 4 is 11.9 Å². The van der Waals surface area contributed by atoms with Crippen molar-refractivity contribution in [3.63, 3.8) is 0 Å². The Morgan fingerprint density at radius 1 is 1.00 bits per heavy atom. The highest BCUT2D eigenvalue weighted by atomic mass is 16.2. The van der Waals surface area contributed by atoms with E-state index in [-0.39, 0.29) is 23.5 Å². The van der Waals surface area contributed by atoms with Gasteiger partial charge in [-0.25, -0.2) is 4.99 Å². The van der Waals surface area contributed by atoms with Crippen LogP contribution in [0.2, 0.25) is 0 Å². The van der Waals surface area contributed by atoms with Crippen LogP contribution in [0.15, 0.2) is 4.99 Å². The van der Waals surface area contributed by atoms with Crippen molar-refractivity contribution in [2.45, 2.75) is 59.5 Å². The normalized spacial score (nSPS) is 13.2. The highest BCUT2D eigenvalue weighted by Crippen LogP contribution is 1.99. The van der Waals surface area contributed by atoms with E-state index in [9.17, 15) is 4.79 Å². The van der Waals surface area contributed by atoms with E-state index in [1.165, 1.54) is 0 Å². The molecular formula is C13H28N4O. The predicted octanol–water partition coefficient (Wildman–Crippen LogP) is 1.25. The van der Waals surface area contributed by atoms with Crippen molar-refractivity contribution in [1.29, 1.82) is 0 Å². The van der Waals surface area contributed by atoms with Gasteiger partial charge in [0.15, 0.2) is 5.96 Å². The third-order valence-corrected chi connectivity index (χ3v) is 1.73. The molecule has 0 saturated heterocycles. The molecule has 0 aliphatic heterocycles. The lowest BCUT2D eigenvalue weighted by molar-refractivity contribution is -0.121. The fraction of sp³-hybridized carbons (Fsp3) is 0.846. The first-order valence-corrected chi connectivity index (χ1v) is 6.41. The average Bonchev–Trinajstić information content (AvgIpc) is 2.09. The number of nitrogens with one attached hydrogen (secondary N) is 3. The Bertz CT molecular complexity index is 297. The number of hydrogen-bond donors (Lipinski definition) is 3. The summed E-state index contributed by atoms with van der Waals surface area (Å²) in [5.41, 5.74) is -0.302. The van der Waals surface area contributed by atoms with Crippen LogP contribution in [-0.2, 0) is 4.79 Å². The summed E-state index contributed by atoms with van der Waals surface area (Å²) in [5.74, 6) is 0.586. The van der Waals surface area contributed by atoms with Crippen LogP contribution in [0.3, 0.4) is 0 Å². The Kier molecular flexibility index (Phi) is 6.15. The molecule has 0 unspecified atom stereocenters. The lowest BCUT2D eigenvalue weighted by atomic mass is 10.1. The second kappa shape index (κ2) is 6.61. The predicted molar refractivity (Wildman–Crippen MR) is 76.8 cm³/mol. The van der Waals surface area contributed by atoms with Crippen LogP contribution in [-0.4, -0.2) is 36.0 Å². The number of nitrogens with zero attached hydrogens (tertiary/aromatic N) is 1. The number of carbonyl (C=O) groups is 1. The van der Waals surface area contributed by atoms with Crippen molar-refractivity contribution in [3.8, 4) is 0 Å². The number of carbonyl (C=O) groups excluding carboxylic acids is 1. The molecule has 0 spiro atoms. The summed E-state index contributed by atoms with van der Waals surface area (Å²) in [4.78, 5) is 15.9. The van der Waals surface area contributed by atoms with Crippen LogP contribution in [0.1, 0.15) is 48.5 Å². The summed E-state index contributed by atoms with van der Waals surface area (Å²) < 4.78 is 0. The quantitative estimate of drug-likeness (QED) is 0.526. The van der Waals surface area contributed by atoms with E-state index in [1.54, 1.807) is 0 Å². The summed E-state index contributed by atoms with van der Waals surface area (Å²) in [6.45, 7) is 14.9. The molecule has 0 aliphatic carbocycles. The van der Waals surface area contributed by atoms with Crippen molar-refractivity contribution in [1.82, 2.24) is 16.0 Å². The molecule has 1 amide bonds. The minimum atomic E-state index is -0.220. The fourth-order valence-corrected chi connectivity index (χ4v) is 1.27. The highest BCUT2D eigenvalue weighted by molar-refractivity contribution is 5.85. The first kappa shape index (κ1) is 16.7. The maximum Gasteiger partial charge on any atom is 0.242 e. The summed E-state index contributed by atoms with van der Waals surface area (Å²) in [6.07, 6.45) is 0. The molecule has 0 rings (SSSR count). The van der Waals surface area contributed by atoms with Gasteiger partial charge in [0.1, 0.15) is 6.54 Å². The summed E-state index contributed by atoms with van der Waals surface area (Å²) in [6, 6.07) is 0. The van der Waals surface area contributed by atoms with Crippen molar-refractivity contribution in [3.05, 3.63) is 0 Å². The Labute approximate surface area is 111 Å². The first-order chi connectivity index (χ1) is 8.03. The largest absolute Gasteiger partial charge is 0.357 e. The molecule has 3 N–H and O–H groups in total. The molecule has 0 bridgehead atoms. The molecule has 0 aromatic rings. The van der Waals surface area contributed by atoms with Gasteiger partial charge in [0.05, 0.1) is 0 Å². The van der Waals surface area contributed by atoms with Gasteiger partial charge < -0.3 is 16.0 Å². The van der Waals surface area contributed by atoms with E-state index in [0.29, 0.717) is 5.96 Å². The van der Waals surface area contributed by atoms with Gasteiger partial charge >= 0.3 is 0 Å². The van der Waals surface area contributed by atoms with Crippen molar-refractivity contribution in [2.24, 2.45) is 4.99 Å². The van der Waals surface area contributed by atoms with Crippen molar-refractivity contribution in [2.75, 3.05) is 13.1 Å². The molecule has 0 aromatic heterocycles. The third-order valence-electron chi connectivity index (χ3n) is 1.73. The highest BCUT2D eigenvalue weighted by Gasteiger charge is 2.15. The van der Waals surface area contributed by atoms with Crippen molar-refractivity contribution < 1.29 is 4.79 Å². The first-order valence-electron chi connectivity index (χ1n) is 6.41. The Hall–Kier alpha value is -1.26. The monoisotopic (exact) mass is 256 g/mol. The molecule has 5 nitrogen and oxygen atoms in total. The fourth-order valence-electron chi connectivity index (χ4n) is 1.27. The van der Waals surface area contributed by atoms with E-state index < -0.39 is 0 Å². The molecule has 0 aromatic carbocycles. The average molecular weight is 256 g/mol. The smallest absolute Gasteiger partial charge is 0.242 e. The zero-order valence-electron chi connectivity index (χ0n) is 12.8. The molecule has 0 fully saturated rings. The zero-order chi connectivity index (χ0) is 14.4. The van der Waals surface area contributed by atoms with E-state index in [0.717, 1.165) is 6.54 Å². The van der Waals surface area contributed by atoms with Gasteiger partial charge in [-0.1, -0.05) is 0 Å². The zero-order valence-corrected chi connectivity index (χ0v) is 12.8. The molecule has 106 valence electrons. The van der Waals surface area contributed by atoms with Gasteiger partial charge in [0.25, 0.3) is 0 Å². The number of rotatable bonds is 3. The Balaban J connectivity index is 4.45. The van der Waals surface area contributed by atoms with E-state index >= 15 is 0 Å². The summed E-state index contributed by atoms with van der Waals surface area (Å²) >= 11 is 0. The van der Waals surface area contributed by atoms with Crippen LogP contribution in [0.25, 0.3) is 0 Å². The van der Waals surface area contributed by atoms with Gasteiger partial charge in [0, 0.05) is 17.6 Å². The molecule has 0 saturated carbocycles. The maximum absolute atomic E-state index is 11.7. The van der Waals surface area contributed by atoms with Crippen LogP contribution in [0, 0.1) is 0 Å². The molecule has 0 heterocycles. The van der Waals surface area contributed by atoms with Crippen LogP contribution in [0.4, 0.5) is 0 Å². The second-order valence-corrected chi connectivity index (χ2v) is 6.37. The van der Waals surface area contributed by atoms with E-state index in [4.69, 9.17) is 0 Å². The molecule has 0 radical (unpaired) electrons. The van der Waals surface area contributed by atoms with Crippen LogP contribution < -0.4 is 16.0 Å². The Morgan fingerprint density at radius 2 is 1.50 bits per heavy atom. The molecular weight excluding hydrogens is 228 g/mol. The van der Waals surface area contributed by atoms with E-state index in [2.05, 4.69) is 41.7 Å². The van der Waals surface area contributed by atoms with Gasteiger partial charge in [0.2, 0.25) is 5.91 Å². The van der Waals surface area contributed by atoms with Gasteiger partial charge in [-0.05, 0) is 48.5 Å². The number of hydrogen-bond acceptors (Lipinski definition) is 2. The third kappa shape index (κ3) is 9.93. The lowest BCUT2D eigenvalue weighted by Crippen LogP contribution is -2.48. The van der Waals surface area contributed by atoms with Gasteiger partial charge in [-0.15, -0.1) is 0 Å².